The van der Waals surface area contributed by atoms with Crippen molar-refractivity contribution in [2.45, 2.75) is 32.2 Å². The highest BCUT2D eigenvalue weighted by Gasteiger charge is 2.42. The molecular formula is C19H28N4O3. The Bertz CT molecular complexity index is 681. The first kappa shape index (κ1) is 18.4. The van der Waals surface area contributed by atoms with Gasteiger partial charge in [0.1, 0.15) is 0 Å². The van der Waals surface area contributed by atoms with Crippen LogP contribution in [0.15, 0.2) is 23.2 Å². The number of nitrogens with zero attached hydrogens (tertiary/aromatic N) is 2. The van der Waals surface area contributed by atoms with Crippen LogP contribution in [0.5, 0.6) is 11.5 Å². The number of rotatable bonds is 5. The number of aliphatic imine (C=N–C) groups is 1. The van der Waals surface area contributed by atoms with Gasteiger partial charge in [0.05, 0.1) is 5.41 Å². The minimum absolute atomic E-state index is 0.203. The lowest BCUT2D eigenvalue weighted by Crippen LogP contribution is -2.49. The Hall–Kier alpha value is -2.44. The highest BCUT2D eigenvalue weighted by molar-refractivity contribution is 5.85. The van der Waals surface area contributed by atoms with Crippen LogP contribution in [0.4, 0.5) is 0 Å². The van der Waals surface area contributed by atoms with Crippen LogP contribution in [-0.2, 0) is 11.3 Å². The second-order valence-electron chi connectivity index (χ2n) is 7.15. The molecule has 142 valence electrons. The van der Waals surface area contributed by atoms with E-state index in [2.05, 4.69) is 15.6 Å². The molecule has 1 saturated carbocycles. The summed E-state index contributed by atoms with van der Waals surface area (Å²) in [5, 5.41) is 6.65. The van der Waals surface area contributed by atoms with Gasteiger partial charge in [0.25, 0.3) is 0 Å². The van der Waals surface area contributed by atoms with Crippen LogP contribution in [0.25, 0.3) is 0 Å². The van der Waals surface area contributed by atoms with Crippen LogP contribution in [-0.4, -0.2) is 51.2 Å². The van der Waals surface area contributed by atoms with Gasteiger partial charge in [-0.1, -0.05) is 18.9 Å². The highest BCUT2D eigenvalue weighted by Crippen LogP contribution is 2.39. The lowest BCUT2D eigenvalue weighted by atomic mass is 9.84. The summed E-state index contributed by atoms with van der Waals surface area (Å²) in [6.07, 6.45) is 4.06. The molecule has 7 heteroatoms. The van der Waals surface area contributed by atoms with Gasteiger partial charge in [-0.25, -0.2) is 0 Å². The zero-order chi connectivity index (χ0) is 18.6. The predicted molar refractivity (Wildman–Crippen MR) is 100 cm³/mol. The van der Waals surface area contributed by atoms with Crippen molar-refractivity contribution in [1.82, 2.24) is 15.5 Å². The summed E-state index contributed by atoms with van der Waals surface area (Å²) in [5.41, 5.74) is 0.761. The van der Waals surface area contributed by atoms with Gasteiger partial charge in [0, 0.05) is 34.2 Å². The Labute approximate surface area is 154 Å². The molecule has 3 rings (SSSR count). The Kier molecular flexibility index (Phi) is 5.54. The normalized spacial score (nSPS) is 17.9. The van der Waals surface area contributed by atoms with Gasteiger partial charge in [0.15, 0.2) is 17.5 Å². The largest absolute Gasteiger partial charge is 0.454 e. The summed E-state index contributed by atoms with van der Waals surface area (Å²) >= 11 is 0. The molecule has 1 amide bonds. The molecule has 1 aliphatic heterocycles. The SMILES string of the molecule is CN=C(NCc1ccc2c(c1)OCO2)NCC1(C(=O)N(C)C)CCCC1. The monoisotopic (exact) mass is 360 g/mol. The van der Waals surface area contributed by atoms with Gasteiger partial charge in [-0.15, -0.1) is 0 Å². The van der Waals surface area contributed by atoms with Crippen molar-refractivity contribution in [3.63, 3.8) is 0 Å². The molecule has 1 heterocycles. The average Bonchev–Trinajstić information content (AvgIpc) is 3.30. The van der Waals surface area contributed by atoms with Gasteiger partial charge >= 0.3 is 0 Å². The number of carbonyl (C=O) groups excluding carboxylic acids is 1. The van der Waals surface area contributed by atoms with Crippen molar-refractivity contribution in [3.8, 4) is 11.5 Å². The smallest absolute Gasteiger partial charge is 0.231 e. The maximum Gasteiger partial charge on any atom is 0.231 e. The van der Waals surface area contributed by atoms with E-state index in [1.807, 2.05) is 32.3 Å². The van der Waals surface area contributed by atoms with Crippen LogP contribution in [0, 0.1) is 5.41 Å². The van der Waals surface area contributed by atoms with Crippen molar-refractivity contribution in [1.29, 1.82) is 0 Å². The number of hydrogen-bond donors (Lipinski definition) is 2. The van der Waals surface area contributed by atoms with Gasteiger partial charge in [0.2, 0.25) is 12.7 Å². The van der Waals surface area contributed by atoms with E-state index in [1.165, 1.54) is 0 Å². The summed E-state index contributed by atoms with van der Waals surface area (Å²) in [6, 6.07) is 5.89. The molecule has 2 N–H and O–H groups in total. The Morgan fingerprint density at radius 2 is 1.92 bits per heavy atom. The molecule has 2 aliphatic rings. The first-order valence-electron chi connectivity index (χ1n) is 9.09. The summed E-state index contributed by atoms with van der Waals surface area (Å²) in [6.45, 7) is 1.49. The van der Waals surface area contributed by atoms with Crippen LogP contribution in [0.1, 0.15) is 31.2 Å². The minimum atomic E-state index is -0.320. The second kappa shape index (κ2) is 7.85. The second-order valence-corrected chi connectivity index (χ2v) is 7.15. The standard InChI is InChI=1S/C19H28N4O3/c1-20-18(21-11-14-6-7-15-16(10-14)26-13-25-15)22-12-19(8-4-5-9-19)17(24)23(2)3/h6-7,10H,4-5,8-9,11-13H2,1-3H3,(H2,20,21,22). The zero-order valence-corrected chi connectivity index (χ0v) is 15.8. The van der Waals surface area contributed by atoms with Crippen LogP contribution < -0.4 is 20.1 Å². The lowest BCUT2D eigenvalue weighted by Gasteiger charge is -2.31. The molecule has 0 aromatic heterocycles. The van der Waals surface area contributed by atoms with Gasteiger partial charge in [-0.05, 0) is 30.5 Å². The van der Waals surface area contributed by atoms with Gasteiger partial charge < -0.3 is 25.0 Å². The van der Waals surface area contributed by atoms with Crippen LogP contribution in [0.3, 0.4) is 0 Å². The summed E-state index contributed by atoms with van der Waals surface area (Å²) in [4.78, 5) is 18.6. The van der Waals surface area contributed by atoms with Crippen molar-refractivity contribution in [2.24, 2.45) is 10.4 Å². The lowest BCUT2D eigenvalue weighted by molar-refractivity contribution is -0.138. The number of ether oxygens (including phenoxy) is 2. The fraction of sp³-hybridized carbons (Fsp3) is 0.579. The predicted octanol–water partition coefficient (Wildman–Crippen LogP) is 1.73. The number of nitrogens with one attached hydrogen (secondary N) is 2. The van der Waals surface area contributed by atoms with Crippen molar-refractivity contribution in [3.05, 3.63) is 23.8 Å². The number of benzene rings is 1. The first-order valence-corrected chi connectivity index (χ1v) is 9.09. The van der Waals surface area contributed by atoms with Crippen molar-refractivity contribution in [2.75, 3.05) is 34.5 Å². The third-order valence-corrected chi connectivity index (χ3v) is 5.14. The summed E-state index contributed by atoms with van der Waals surface area (Å²) in [7, 11) is 5.40. The molecule has 1 aromatic carbocycles. The maximum atomic E-state index is 12.7. The molecule has 0 atom stereocenters. The highest BCUT2D eigenvalue weighted by atomic mass is 16.7. The van der Waals surface area contributed by atoms with Gasteiger partial charge in [-0.2, -0.15) is 0 Å². The average molecular weight is 360 g/mol. The quantitative estimate of drug-likeness (QED) is 0.618. The molecule has 1 aromatic rings. The Morgan fingerprint density at radius 3 is 2.62 bits per heavy atom. The van der Waals surface area contributed by atoms with E-state index in [-0.39, 0.29) is 18.1 Å². The van der Waals surface area contributed by atoms with E-state index in [4.69, 9.17) is 9.47 Å². The Morgan fingerprint density at radius 1 is 1.19 bits per heavy atom. The number of fused-ring (bicyclic) bond motifs is 1. The third kappa shape index (κ3) is 3.86. The summed E-state index contributed by atoms with van der Waals surface area (Å²) in [5.74, 6) is 2.45. The Balaban J connectivity index is 1.57. The molecule has 7 nitrogen and oxygen atoms in total. The van der Waals surface area contributed by atoms with Crippen LogP contribution in [0.2, 0.25) is 0 Å². The molecule has 0 saturated heterocycles. The molecule has 0 spiro atoms. The van der Waals surface area contributed by atoms with E-state index in [0.29, 0.717) is 19.0 Å². The van der Waals surface area contributed by atoms with E-state index < -0.39 is 0 Å². The molecule has 0 unspecified atom stereocenters. The van der Waals surface area contributed by atoms with E-state index >= 15 is 0 Å². The van der Waals surface area contributed by atoms with E-state index in [0.717, 1.165) is 42.7 Å². The fourth-order valence-corrected chi connectivity index (χ4v) is 3.70. The fourth-order valence-electron chi connectivity index (χ4n) is 3.70. The molecule has 0 radical (unpaired) electrons. The number of hydrogen-bond acceptors (Lipinski definition) is 4. The van der Waals surface area contributed by atoms with Crippen molar-refractivity contribution < 1.29 is 14.3 Å². The molecule has 26 heavy (non-hydrogen) atoms. The summed E-state index contributed by atoms with van der Waals surface area (Å²) < 4.78 is 10.7. The molecule has 0 bridgehead atoms. The molecule has 1 aliphatic carbocycles. The van der Waals surface area contributed by atoms with Crippen LogP contribution >= 0.6 is 0 Å². The van der Waals surface area contributed by atoms with E-state index in [1.54, 1.807) is 11.9 Å². The molecular weight excluding hydrogens is 332 g/mol. The zero-order valence-electron chi connectivity index (χ0n) is 15.8. The minimum Gasteiger partial charge on any atom is -0.454 e. The number of carbonyl (C=O) groups is 1. The molecule has 1 fully saturated rings. The maximum absolute atomic E-state index is 12.7. The third-order valence-electron chi connectivity index (χ3n) is 5.14. The topological polar surface area (TPSA) is 75.2 Å². The number of guanidine groups is 1. The number of amides is 1. The van der Waals surface area contributed by atoms with E-state index in [9.17, 15) is 4.79 Å². The first-order chi connectivity index (χ1) is 12.5. The van der Waals surface area contributed by atoms with Crippen molar-refractivity contribution >= 4 is 11.9 Å². The van der Waals surface area contributed by atoms with Gasteiger partial charge in [-0.3, -0.25) is 9.79 Å².